The van der Waals surface area contributed by atoms with Gasteiger partial charge in [0.05, 0.1) is 10.2 Å². The molecule has 1 fully saturated rings. The van der Waals surface area contributed by atoms with E-state index in [0.717, 1.165) is 17.0 Å². The lowest BCUT2D eigenvalue weighted by Gasteiger charge is -2.34. The van der Waals surface area contributed by atoms with E-state index in [4.69, 9.17) is 0 Å². The van der Waals surface area contributed by atoms with E-state index < -0.39 is 28.9 Å². The summed E-state index contributed by atoms with van der Waals surface area (Å²) in [6.45, 7) is 3.58. The Hall–Kier alpha value is -1.30. The molecule has 0 saturated carbocycles. The van der Waals surface area contributed by atoms with Gasteiger partial charge < -0.3 is 0 Å². The van der Waals surface area contributed by atoms with E-state index in [0.29, 0.717) is 0 Å². The zero-order valence-electron chi connectivity index (χ0n) is 10.5. The van der Waals surface area contributed by atoms with Crippen molar-refractivity contribution in [3.05, 3.63) is 28.2 Å². The van der Waals surface area contributed by atoms with Crippen molar-refractivity contribution in [3.63, 3.8) is 0 Å². The van der Waals surface area contributed by atoms with Crippen molar-refractivity contribution in [3.8, 4) is 0 Å². The van der Waals surface area contributed by atoms with Gasteiger partial charge in [-0.15, -0.1) is 0 Å². The van der Waals surface area contributed by atoms with E-state index in [2.05, 4.69) is 15.9 Å². The second kappa shape index (κ2) is 4.67. The summed E-state index contributed by atoms with van der Waals surface area (Å²) >= 11 is 2.85. The molecule has 2 amide bonds. The molecule has 1 saturated heterocycles. The van der Waals surface area contributed by atoms with Gasteiger partial charge in [-0.05, 0) is 27.4 Å². The SMILES string of the molecule is CC1(C)CC(=O)N(c2cc(F)c(Br)cc2F)C(=O)C1. The van der Waals surface area contributed by atoms with Crippen LogP contribution in [0.4, 0.5) is 14.5 Å². The number of hydrogen-bond acceptors (Lipinski definition) is 2. The second-order valence-corrected chi connectivity index (χ2v) is 6.21. The van der Waals surface area contributed by atoms with Crippen LogP contribution in [-0.2, 0) is 9.59 Å². The Bertz CT molecular complexity index is 552. The first-order chi connectivity index (χ1) is 8.71. The van der Waals surface area contributed by atoms with Gasteiger partial charge in [-0.3, -0.25) is 9.59 Å². The van der Waals surface area contributed by atoms with Gasteiger partial charge in [0.25, 0.3) is 0 Å². The molecule has 1 heterocycles. The molecule has 102 valence electrons. The summed E-state index contributed by atoms with van der Waals surface area (Å²) in [5.74, 6) is -2.56. The monoisotopic (exact) mass is 331 g/mol. The van der Waals surface area contributed by atoms with Crippen LogP contribution in [0.1, 0.15) is 26.7 Å². The highest BCUT2D eigenvalue weighted by Crippen LogP contribution is 2.36. The first-order valence-corrected chi connectivity index (χ1v) is 6.51. The smallest absolute Gasteiger partial charge is 0.234 e. The molecule has 0 unspecified atom stereocenters. The minimum atomic E-state index is -0.810. The molecule has 0 aliphatic carbocycles. The van der Waals surface area contributed by atoms with Crippen LogP contribution in [-0.4, -0.2) is 11.8 Å². The molecule has 0 N–H and O–H groups in total. The first-order valence-electron chi connectivity index (χ1n) is 5.71. The van der Waals surface area contributed by atoms with Crippen molar-refractivity contribution >= 4 is 33.4 Å². The molecule has 0 radical (unpaired) electrons. The maximum atomic E-state index is 13.8. The van der Waals surface area contributed by atoms with Crippen LogP contribution in [0.2, 0.25) is 0 Å². The van der Waals surface area contributed by atoms with Gasteiger partial charge in [-0.1, -0.05) is 13.8 Å². The highest BCUT2D eigenvalue weighted by molar-refractivity contribution is 9.10. The van der Waals surface area contributed by atoms with Crippen molar-refractivity contribution in [1.29, 1.82) is 0 Å². The Labute approximate surface area is 117 Å². The quantitative estimate of drug-likeness (QED) is 0.584. The molecule has 1 aliphatic heterocycles. The van der Waals surface area contributed by atoms with Crippen LogP contribution in [0.25, 0.3) is 0 Å². The molecule has 1 aliphatic rings. The molecule has 1 aromatic carbocycles. The molecular weight excluding hydrogens is 320 g/mol. The van der Waals surface area contributed by atoms with Gasteiger partial charge in [-0.2, -0.15) is 0 Å². The Kier molecular flexibility index (Phi) is 3.47. The summed E-state index contributed by atoms with van der Waals surface area (Å²) in [6, 6.07) is 1.76. The zero-order valence-corrected chi connectivity index (χ0v) is 12.1. The average Bonchev–Trinajstić information content (AvgIpc) is 2.22. The van der Waals surface area contributed by atoms with Gasteiger partial charge in [0.15, 0.2) is 0 Å². The van der Waals surface area contributed by atoms with Crippen molar-refractivity contribution < 1.29 is 18.4 Å². The minimum Gasteiger partial charge on any atom is -0.274 e. The van der Waals surface area contributed by atoms with Crippen LogP contribution in [0.5, 0.6) is 0 Å². The second-order valence-electron chi connectivity index (χ2n) is 5.36. The largest absolute Gasteiger partial charge is 0.274 e. The van der Waals surface area contributed by atoms with E-state index >= 15 is 0 Å². The number of hydrogen-bond donors (Lipinski definition) is 0. The average molecular weight is 332 g/mol. The highest BCUT2D eigenvalue weighted by atomic mass is 79.9. The maximum Gasteiger partial charge on any atom is 0.234 e. The number of benzene rings is 1. The van der Waals surface area contributed by atoms with E-state index in [1.54, 1.807) is 13.8 Å². The molecule has 1 aromatic rings. The van der Waals surface area contributed by atoms with Crippen LogP contribution in [0.3, 0.4) is 0 Å². The number of amides is 2. The number of carbonyl (C=O) groups is 2. The topological polar surface area (TPSA) is 37.4 Å². The van der Waals surface area contributed by atoms with Gasteiger partial charge in [-0.25, -0.2) is 13.7 Å². The summed E-state index contributed by atoms with van der Waals surface area (Å²) < 4.78 is 27.2. The zero-order chi connectivity index (χ0) is 14.4. The molecule has 0 aromatic heterocycles. The Balaban J connectivity index is 2.45. The van der Waals surface area contributed by atoms with Crippen LogP contribution >= 0.6 is 15.9 Å². The number of imide groups is 1. The standard InChI is InChI=1S/C13H12BrF2NO2/c1-13(2)5-11(18)17(12(19)6-13)10-4-8(15)7(14)3-9(10)16/h3-4H,5-6H2,1-2H3. The van der Waals surface area contributed by atoms with Crippen LogP contribution in [0.15, 0.2) is 16.6 Å². The van der Waals surface area contributed by atoms with E-state index in [-0.39, 0.29) is 23.0 Å². The molecule has 2 rings (SSSR count). The van der Waals surface area contributed by atoms with Crippen molar-refractivity contribution in [2.75, 3.05) is 4.90 Å². The molecular formula is C13H12BrF2NO2. The Morgan fingerprint density at radius 1 is 1.11 bits per heavy atom. The predicted molar refractivity (Wildman–Crippen MR) is 69.6 cm³/mol. The van der Waals surface area contributed by atoms with Gasteiger partial charge in [0.1, 0.15) is 11.6 Å². The van der Waals surface area contributed by atoms with Crippen molar-refractivity contribution in [1.82, 2.24) is 0 Å². The van der Waals surface area contributed by atoms with Crippen LogP contribution < -0.4 is 4.90 Å². The van der Waals surface area contributed by atoms with E-state index in [1.165, 1.54) is 0 Å². The lowest BCUT2D eigenvalue weighted by Crippen LogP contribution is -2.46. The third-order valence-corrected chi connectivity index (χ3v) is 3.60. The van der Waals surface area contributed by atoms with Crippen molar-refractivity contribution in [2.45, 2.75) is 26.7 Å². The van der Waals surface area contributed by atoms with Crippen LogP contribution in [0, 0.1) is 17.0 Å². The van der Waals surface area contributed by atoms with E-state index in [9.17, 15) is 18.4 Å². The first kappa shape index (κ1) is 14.1. The van der Waals surface area contributed by atoms with Gasteiger partial charge in [0, 0.05) is 18.9 Å². The molecule has 3 nitrogen and oxygen atoms in total. The molecule has 0 atom stereocenters. The molecule has 0 bridgehead atoms. The number of anilines is 1. The van der Waals surface area contributed by atoms with Gasteiger partial charge >= 0.3 is 0 Å². The fraction of sp³-hybridized carbons (Fsp3) is 0.385. The van der Waals surface area contributed by atoms with Gasteiger partial charge in [0.2, 0.25) is 11.8 Å². The summed E-state index contributed by atoms with van der Waals surface area (Å²) in [4.78, 5) is 24.7. The number of halogens is 3. The lowest BCUT2D eigenvalue weighted by atomic mass is 9.81. The normalized spacial score (nSPS) is 18.9. The van der Waals surface area contributed by atoms with Crippen molar-refractivity contribution in [2.24, 2.45) is 5.41 Å². The molecule has 0 spiro atoms. The molecule has 19 heavy (non-hydrogen) atoms. The highest BCUT2D eigenvalue weighted by Gasteiger charge is 2.39. The molecule has 6 heteroatoms. The number of piperidine rings is 1. The fourth-order valence-electron chi connectivity index (χ4n) is 2.13. The third-order valence-electron chi connectivity index (χ3n) is 2.99. The number of nitrogens with zero attached hydrogens (tertiary/aromatic N) is 1. The maximum absolute atomic E-state index is 13.8. The summed E-state index contributed by atoms with van der Waals surface area (Å²) in [5, 5.41) is 0. The van der Waals surface area contributed by atoms with E-state index in [1.807, 2.05) is 0 Å². The summed E-state index contributed by atoms with van der Waals surface area (Å²) in [6.07, 6.45) is 0.242. The lowest BCUT2D eigenvalue weighted by molar-refractivity contribution is -0.132. The number of rotatable bonds is 1. The predicted octanol–water partition coefficient (Wildman–Crippen LogP) is 3.41. The summed E-state index contributed by atoms with van der Waals surface area (Å²) in [5.41, 5.74) is -0.777. The third kappa shape index (κ3) is 2.68. The Morgan fingerprint density at radius 3 is 2.16 bits per heavy atom. The minimum absolute atomic E-state index is 0.0500. The fourth-order valence-corrected chi connectivity index (χ4v) is 2.45. The number of carbonyl (C=O) groups excluding carboxylic acids is 2. The summed E-state index contributed by atoms with van der Waals surface area (Å²) in [7, 11) is 0. The Morgan fingerprint density at radius 2 is 1.63 bits per heavy atom.